The lowest BCUT2D eigenvalue weighted by Gasteiger charge is -2.38. The van der Waals surface area contributed by atoms with Crippen LogP contribution >= 0.6 is 0 Å². The largest absolute Gasteiger partial charge is 0.481 e. The van der Waals surface area contributed by atoms with Crippen LogP contribution in [-0.2, 0) is 19.6 Å². The van der Waals surface area contributed by atoms with Crippen LogP contribution in [0.3, 0.4) is 0 Å². The molecule has 0 aromatic carbocycles. The average Bonchev–Trinajstić information content (AvgIpc) is 2.70. The van der Waals surface area contributed by atoms with Crippen LogP contribution in [0.1, 0.15) is 19.8 Å². The van der Waals surface area contributed by atoms with Crippen LogP contribution in [0.2, 0.25) is 0 Å². The third-order valence-corrected chi connectivity index (χ3v) is 6.03. The monoisotopic (exact) mass is 347 g/mol. The van der Waals surface area contributed by atoms with Crippen LogP contribution in [0, 0.1) is 5.92 Å². The first kappa shape index (κ1) is 18.2. The predicted molar refractivity (Wildman–Crippen MR) is 84.4 cm³/mol. The zero-order chi connectivity index (χ0) is 17.2. The molecular formula is C14H25N3O5S. The maximum Gasteiger partial charge on any atom is 0.309 e. The highest BCUT2D eigenvalue weighted by Gasteiger charge is 2.35. The van der Waals surface area contributed by atoms with Gasteiger partial charge in [-0.15, -0.1) is 0 Å². The van der Waals surface area contributed by atoms with Crippen molar-refractivity contribution in [3.05, 3.63) is 0 Å². The Hall–Kier alpha value is -1.19. The fourth-order valence-corrected chi connectivity index (χ4v) is 4.21. The molecule has 132 valence electrons. The van der Waals surface area contributed by atoms with Crippen LogP contribution < -0.4 is 0 Å². The topological polar surface area (TPSA) is 98.2 Å². The van der Waals surface area contributed by atoms with Gasteiger partial charge in [0.2, 0.25) is 15.9 Å². The standard InChI is InChI=1S/C14H25N3O5S/c1-11(18)15-5-3-13(4-6-15)16-7-8-17(23(2,21)22)10-12(9-16)14(19)20/h12-13H,3-10H2,1-2H3,(H,19,20). The van der Waals surface area contributed by atoms with Gasteiger partial charge >= 0.3 is 5.97 Å². The summed E-state index contributed by atoms with van der Waals surface area (Å²) in [6.07, 6.45) is 2.71. The normalized spacial score (nSPS) is 26.0. The van der Waals surface area contributed by atoms with Crippen molar-refractivity contribution in [2.45, 2.75) is 25.8 Å². The van der Waals surface area contributed by atoms with E-state index < -0.39 is 21.9 Å². The predicted octanol–water partition coefficient (Wildman–Crippen LogP) is -0.725. The van der Waals surface area contributed by atoms with Crippen LogP contribution in [0.25, 0.3) is 0 Å². The van der Waals surface area contributed by atoms with Crippen molar-refractivity contribution >= 4 is 21.9 Å². The second-order valence-corrected chi connectivity index (χ2v) is 8.37. The van der Waals surface area contributed by atoms with Crippen molar-refractivity contribution in [1.82, 2.24) is 14.1 Å². The number of nitrogens with zero attached hydrogens (tertiary/aromatic N) is 3. The molecule has 0 aromatic rings. The zero-order valence-corrected chi connectivity index (χ0v) is 14.5. The molecule has 23 heavy (non-hydrogen) atoms. The Labute approximate surface area is 137 Å². The molecule has 0 radical (unpaired) electrons. The Bertz CT molecular complexity index is 557. The molecule has 0 saturated carbocycles. The highest BCUT2D eigenvalue weighted by molar-refractivity contribution is 7.88. The van der Waals surface area contributed by atoms with Crippen molar-refractivity contribution in [3.63, 3.8) is 0 Å². The molecular weight excluding hydrogens is 322 g/mol. The lowest BCUT2D eigenvalue weighted by atomic mass is 10.0. The van der Waals surface area contributed by atoms with Gasteiger partial charge in [-0.3, -0.25) is 14.5 Å². The molecule has 2 aliphatic heterocycles. The van der Waals surface area contributed by atoms with Crippen LogP contribution in [0.4, 0.5) is 0 Å². The number of aliphatic carboxylic acids is 1. The van der Waals surface area contributed by atoms with Gasteiger partial charge in [0.25, 0.3) is 0 Å². The third-order valence-electron chi connectivity index (χ3n) is 4.76. The number of piperidine rings is 1. The van der Waals surface area contributed by atoms with E-state index in [9.17, 15) is 23.1 Å². The summed E-state index contributed by atoms with van der Waals surface area (Å²) in [5.74, 6) is -1.63. The smallest absolute Gasteiger partial charge is 0.309 e. The van der Waals surface area contributed by atoms with E-state index in [0.717, 1.165) is 19.1 Å². The Morgan fingerprint density at radius 3 is 2.13 bits per heavy atom. The van der Waals surface area contributed by atoms with Gasteiger partial charge in [-0.25, -0.2) is 8.42 Å². The molecule has 9 heteroatoms. The van der Waals surface area contributed by atoms with Crippen molar-refractivity contribution < 1.29 is 23.1 Å². The molecule has 1 atom stereocenters. The number of sulfonamides is 1. The van der Waals surface area contributed by atoms with Gasteiger partial charge < -0.3 is 10.0 Å². The number of carbonyl (C=O) groups excluding carboxylic acids is 1. The lowest BCUT2D eigenvalue weighted by Crippen LogP contribution is -2.48. The molecule has 8 nitrogen and oxygen atoms in total. The summed E-state index contributed by atoms with van der Waals surface area (Å²) in [4.78, 5) is 26.7. The minimum Gasteiger partial charge on any atom is -0.481 e. The van der Waals surface area contributed by atoms with Gasteiger partial charge in [0.05, 0.1) is 12.2 Å². The van der Waals surface area contributed by atoms with Crippen molar-refractivity contribution in [2.75, 3.05) is 45.5 Å². The van der Waals surface area contributed by atoms with Gasteiger partial charge in [-0.2, -0.15) is 4.31 Å². The summed E-state index contributed by atoms with van der Waals surface area (Å²) in [5, 5.41) is 9.38. The molecule has 0 aromatic heterocycles. The van der Waals surface area contributed by atoms with E-state index >= 15 is 0 Å². The van der Waals surface area contributed by atoms with E-state index in [-0.39, 0.29) is 18.5 Å². The summed E-state index contributed by atoms with van der Waals surface area (Å²) in [5.41, 5.74) is 0. The number of likely N-dealkylation sites (tertiary alicyclic amines) is 1. The maximum atomic E-state index is 11.8. The fourth-order valence-electron chi connectivity index (χ4n) is 3.34. The van der Waals surface area contributed by atoms with Gasteiger partial charge in [0.15, 0.2) is 0 Å². The first-order chi connectivity index (χ1) is 10.7. The summed E-state index contributed by atoms with van der Waals surface area (Å²) in [6.45, 7) is 4.12. The van der Waals surface area contributed by atoms with Gasteiger partial charge in [0.1, 0.15) is 0 Å². The van der Waals surface area contributed by atoms with Gasteiger partial charge in [-0.05, 0) is 12.8 Å². The summed E-state index contributed by atoms with van der Waals surface area (Å²) in [6, 6.07) is 0.201. The SMILES string of the molecule is CC(=O)N1CCC(N2CCN(S(C)(=O)=O)CC(C(=O)O)C2)CC1. The molecule has 0 bridgehead atoms. The Balaban J connectivity index is 2.05. The number of hydrogen-bond acceptors (Lipinski definition) is 5. The van der Waals surface area contributed by atoms with Crippen LogP contribution in [-0.4, -0.2) is 91.1 Å². The number of hydrogen-bond donors (Lipinski definition) is 1. The minimum atomic E-state index is -3.40. The summed E-state index contributed by atoms with van der Waals surface area (Å²) < 4.78 is 24.8. The third kappa shape index (κ3) is 4.65. The van der Waals surface area contributed by atoms with Crippen molar-refractivity contribution in [3.8, 4) is 0 Å². The molecule has 1 unspecified atom stereocenters. The fraction of sp³-hybridized carbons (Fsp3) is 0.857. The first-order valence-electron chi connectivity index (χ1n) is 7.86. The van der Waals surface area contributed by atoms with Crippen LogP contribution in [0.15, 0.2) is 0 Å². The second kappa shape index (κ2) is 7.14. The van der Waals surface area contributed by atoms with Crippen molar-refractivity contribution in [2.24, 2.45) is 5.92 Å². The zero-order valence-electron chi connectivity index (χ0n) is 13.6. The molecule has 2 rings (SSSR count). The highest BCUT2D eigenvalue weighted by atomic mass is 32.2. The van der Waals surface area contributed by atoms with Crippen molar-refractivity contribution in [1.29, 1.82) is 0 Å². The second-order valence-electron chi connectivity index (χ2n) is 6.39. The number of carboxylic acids is 1. The lowest BCUT2D eigenvalue weighted by molar-refractivity contribution is -0.142. The maximum absolute atomic E-state index is 11.8. The Kier molecular flexibility index (Phi) is 5.64. The van der Waals surface area contributed by atoms with Gasteiger partial charge in [0, 0.05) is 52.2 Å². The number of carbonyl (C=O) groups is 2. The molecule has 1 N–H and O–H groups in total. The molecule has 2 heterocycles. The quantitative estimate of drug-likeness (QED) is 0.723. The number of rotatable bonds is 3. The van der Waals surface area contributed by atoms with E-state index in [2.05, 4.69) is 4.90 Å². The minimum absolute atomic E-state index is 0.0248. The first-order valence-corrected chi connectivity index (χ1v) is 9.71. The van der Waals surface area contributed by atoms with Crippen LogP contribution in [0.5, 0.6) is 0 Å². The van der Waals surface area contributed by atoms with E-state index in [1.807, 2.05) is 0 Å². The Morgan fingerprint density at radius 1 is 1.04 bits per heavy atom. The number of amides is 1. The molecule has 2 fully saturated rings. The molecule has 2 saturated heterocycles. The van der Waals surface area contributed by atoms with Gasteiger partial charge in [-0.1, -0.05) is 0 Å². The summed E-state index contributed by atoms with van der Waals surface area (Å²) >= 11 is 0. The Morgan fingerprint density at radius 2 is 1.65 bits per heavy atom. The highest BCUT2D eigenvalue weighted by Crippen LogP contribution is 2.21. The summed E-state index contributed by atoms with van der Waals surface area (Å²) in [7, 11) is -3.40. The molecule has 2 aliphatic rings. The average molecular weight is 347 g/mol. The van der Waals surface area contributed by atoms with E-state index in [0.29, 0.717) is 32.7 Å². The molecule has 0 spiro atoms. The van der Waals surface area contributed by atoms with E-state index in [1.165, 1.54) is 4.31 Å². The molecule has 1 amide bonds. The number of carboxylic acid groups (broad SMARTS) is 1. The molecule has 0 aliphatic carbocycles. The van der Waals surface area contributed by atoms with E-state index in [4.69, 9.17) is 0 Å². The van der Waals surface area contributed by atoms with E-state index in [1.54, 1.807) is 11.8 Å².